The molecule has 0 saturated heterocycles. The first-order valence-corrected chi connectivity index (χ1v) is 36.3. The number of hydrogen-bond donors (Lipinski definition) is 0. The second kappa shape index (κ2) is 70.6. The third kappa shape index (κ3) is 67.9. The van der Waals surface area contributed by atoms with Gasteiger partial charge in [-0.3, -0.25) is 14.4 Å². The summed E-state index contributed by atoms with van der Waals surface area (Å²) in [5.74, 6) is -0.845. The molecule has 0 radical (unpaired) electrons. The highest BCUT2D eigenvalue weighted by atomic mass is 16.6. The average Bonchev–Trinajstić information content (AvgIpc) is 3.48. The van der Waals surface area contributed by atoms with Crippen molar-refractivity contribution in [3.05, 3.63) is 60.8 Å². The summed E-state index contributed by atoms with van der Waals surface area (Å²) in [4.78, 5) is 38.3. The van der Waals surface area contributed by atoms with E-state index in [0.29, 0.717) is 19.3 Å². The van der Waals surface area contributed by atoms with Crippen LogP contribution in [0.4, 0.5) is 0 Å². The lowest BCUT2D eigenvalue weighted by Crippen LogP contribution is -2.30. The molecular formula is C76H138O6. The van der Waals surface area contributed by atoms with E-state index >= 15 is 0 Å². The number of rotatable bonds is 67. The zero-order valence-corrected chi connectivity index (χ0v) is 55.0. The van der Waals surface area contributed by atoms with Crippen LogP contribution in [0.2, 0.25) is 0 Å². The number of unbranched alkanes of at least 4 members (excludes halogenated alkanes) is 46. The summed E-state index contributed by atoms with van der Waals surface area (Å²) < 4.78 is 17.0. The summed E-state index contributed by atoms with van der Waals surface area (Å²) in [5, 5.41) is 0. The van der Waals surface area contributed by atoms with Crippen LogP contribution in [0.1, 0.15) is 387 Å². The van der Waals surface area contributed by atoms with Gasteiger partial charge >= 0.3 is 17.9 Å². The fourth-order valence-corrected chi connectivity index (χ4v) is 10.8. The number of esters is 3. The zero-order valence-electron chi connectivity index (χ0n) is 55.0. The van der Waals surface area contributed by atoms with E-state index < -0.39 is 6.10 Å². The molecular weight excluding hydrogens is 1010 g/mol. The lowest BCUT2D eigenvalue weighted by molar-refractivity contribution is -0.167. The molecule has 1 atom stereocenters. The van der Waals surface area contributed by atoms with Gasteiger partial charge in [-0.25, -0.2) is 0 Å². The Kier molecular flexibility index (Phi) is 68.1. The monoisotopic (exact) mass is 1150 g/mol. The Bertz CT molecular complexity index is 1460. The van der Waals surface area contributed by atoms with Crippen molar-refractivity contribution < 1.29 is 28.6 Å². The summed E-state index contributed by atoms with van der Waals surface area (Å²) in [6.07, 6.45) is 91.3. The standard InChI is InChI=1S/C76H138O6/c1-4-7-10-13-16-19-22-24-26-28-30-31-32-33-34-35-36-37-38-39-40-41-42-43-44-45-47-48-50-52-54-57-60-63-66-69-75(78)81-72-73(71-80-74(77)68-65-62-59-56-21-18-15-12-9-6-3)82-76(79)70-67-64-61-58-55-53-51-49-46-29-27-25-23-20-17-14-11-8-5-2/h7,10,16,19,24-27,30-31,73H,4-6,8-9,11-15,17-18,20-23,28-29,32-72H2,1-3H3/b10-7-,19-16-,26-24-,27-25-,31-30-. The van der Waals surface area contributed by atoms with Crippen LogP contribution in [0.25, 0.3) is 0 Å². The van der Waals surface area contributed by atoms with Crippen LogP contribution in [0.3, 0.4) is 0 Å². The maximum Gasteiger partial charge on any atom is 0.306 e. The van der Waals surface area contributed by atoms with Crippen molar-refractivity contribution in [3.63, 3.8) is 0 Å². The van der Waals surface area contributed by atoms with E-state index in [2.05, 4.69) is 81.5 Å². The molecule has 0 bridgehead atoms. The highest BCUT2D eigenvalue weighted by Gasteiger charge is 2.19. The fourth-order valence-electron chi connectivity index (χ4n) is 10.8. The van der Waals surface area contributed by atoms with Gasteiger partial charge in [-0.05, 0) is 83.5 Å². The summed E-state index contributed by atoms with van der Waals surface area (Å²) in [7, 11) is 0. The normalized spacial score (nSPS) is 12.4. The van der Waals surface area contributed by atoms with Gasteiger partial charge in [0.25, 0.3) is 0 Å². The topological polar surface area (TPSA) is 78.9 Å². The van der Waals surface area contributed by atoms with Gasteiger partial charge in [0, 0.05) is 19.3 Å². The molecule has 0 heterocycles. The van der Waals surface area contributed by atoms with Crippen molar-refractivity contribution >= 4 is 17.9 Å². The minimum absolute atomic E-state index is 0.0680. The van der Waals surface area contributed by atoms with E-state index in [1.54, 1.807) is 0 Å². The first-order chi connectivity index (χ1) is 40.5. The van der Waals surface area contributed by atoms with Crippen molar-refractivity contribution in [1.82, 2.24) is 0 Å². The Morgan fingerprint density at radius 2 is 0.476 bits per heavy atom. The maximum absolute atomic E-state index is 12.9. The fraction of sp³-hybridized carbons (Fsp3) is 0.829. The molecule has 478 valence electrons. The molecule has 0 spiro atoms. The van der Waals surface area contributed by atoms with Crippen molar-refractivity contribution in [2.75, 3.05) is 13.2 Å². The molecule has 82 heavy (non-hydrogen) atoms. The van der Waals surface area contributed by atoms with E-state index in [1.807, 2.05) is 0 Å². The number of carbonyl (C=O) groups is 3. The predicted octanol–water partition coefficient (Wildman–Crippen LogP) is 25.1. The van der Waals surface area contributed by atoms with Crippen LogP contribution >= 0.6 is 0 Å². The molecule has 0 fully saturated rings. The van der Waals surface area contributed by atoms with Crippen LogP contribution in [-0.4, -0.2) is 37.2 Å². The van der Waals surface area contributed by atoms with Crippen molar-refractivity contribution in [1.29, 1.82) is 0 Å². The molecule has 0 saturated carbocycles. The van der Waals surface area contributed by atoms with Gasteiger partial charge in [0.1, 0.15) is 13.2 Å². The molecule has 0 aromatic carbocycles. The molecule has 6 nitrogen and oxygen atoms in total. The first-order valence-electron chi connectivity index (χ1n) is 36.3. The first kappa shape index (κ1) is 79.1. The largest absolute Gasteiger partial charge is 0.462 e. The minimum Gasteiger partial charge on any atom is -0.462 e. The molecule has 0 amide bonds. The van der Waals surface area contributed by atoms with Crippen molar-refractivity contribution in [2.45, 2.75) is 393 Å². The van der Waals surface area contributed by atoms with Crippen LogP contribution in [-0.2, 0) is 28.6 Å². The predicted molar refractivity (Wildman–Crippen MR) is 358 cm³/mol. The van der Waals surface area contributed by atoms with Gasteiger partial charge in [-0.2, -0.15) is 0 Å². The molecule has 0 aliphatic heterocycles. The maximum atomic E-state index is 12.9. The van der Waals surface area contributed by atoms with Crippen LogP contribution < -0.4 is 0 Å². The second-order valence-corrected chi connectivity index (χ2v) is 24.5. The van der Waals surface area contributed by atoms with Crippen molar-refractivity contribution in [2.24, 2.45) is 0 Å². The number of hydrogen-bond acceptors (Lipinski definition) is 6. The zero-order chi connectivity index (χ0) is 59.2. The molecule has 0 aliphatic carbocycles. The second-order valence-electron chi connectivity index (χ2n) is 24.5. The Morgan fingerprint density at radius 1 is 0.256 bits per heavy atom. The average molecular weight is 1150 g/mol. The van der Waals surface area contributed by atoms with Gasteiger partial charge in [0.2, 0.25) is 0 Å². The van der Waals surface area contributed by atoms with Crippen LogP contribution in [0, 0.1) is 0 Å². The number of allylic oxidation sites excluding steroid dienone is 10. The highest BCUT2D eigenvalue weighted by molar-refractivity contribution is 5.71. The Balaban J connectivity index is 4.04. The summed E-state index contributed by atoms with van der Waals surface area (Å²) in [5.41, 5.74) is 0. The number of ether oxygens (including phenoxy) is 3. The van der Waals surface area contributed by atoms with E-state index in [0.717, 1.165) is 83.5 Å². The third-order valence-electron chi connectivity index (χ3n) is 16.3. The van der Waals surface area contributed by atoms with Gasteiger partial charge in [0.05, 0.1) is 0 Å². The molecule has 0 aromatic rings. The Morgan fingerprint density at radius 3 is 0.756 bits per heavy atom. The number of carbonyl (C=O) groups excluding carboxylic acids is 3. The van der Waals surface area contributed by atoms with Gasteiger partial charge in [-0.1, -0.05) is 345 Å². The lowest BCUT2D eigenvalue weighted by Gasteiger charge is -2.18. The van der Waals surface area contributed by atoms with E-state index in [9.17, 15) is 14.4 Å². The minimum atomic E-state index is -0.770. The third-order valence-corrected chi connectivity index (χ3v) is 16.3. The van der Waals surface area contributed by atoms with E-state index in [-0.39, 0.29) is 31.1 Å². The molecule has 0 aromatic heterocycles. The lowest BCUT2D eigenvalue weighted by atomic mass is 10.0. The molecule has 0 rings (SSSR count). The SMILES string of the molecule is CC/C=C\C/C=C\C/C=C\C/C=C\CCCCCCCCCCCCCCCCCCCCCCCCC(=O)OCC(COC(=O)CCCCCCCCCCCC)OC(=O)CCCCCCCCCCC/C=C\CCCCCCCC. The van der Waals surface area contributed by atoms with Gasteiger partial charge < -0.3 is 14.2 Å². The quantitative estimate of drug-likeness (QED) is 0.0261. The summed E-state index contributed by atoms with van der Waals surface area (Å²) >= 11 is 0. The molecule has 1 unspecified atom stereocenters. The van der Waals surface area contributed by atoms with Gasteiger partial charge in [0.15, 0.2) is 6.10 Å². The summed E-state index contributed by atoms with van der Waals surface area (Å²) in [6.45, 7) is 6.57. The highest BCUT2D eigenvalue weighted by Crippen LogP contribution is 2.18. The van der Waals surface area contributed by atoms with Crippen LogP contribution in [0.15, 0.2) is 60.8 Å². The Labute approximate surface area is 510 Å². The summed E-state index contributed by atoms with van der Waals surface area (Å²) in [6, 6.07) is 0. The van der Waals surface area contributed by atoms with E-state index in [1.165, 1.54) is 263 Å². The van der Waals surface area contributed by atoms with Crippen LogP contribution in [0.5, 0.6) is 0 Å². The van der Waals surface area contributed by atoms with Crippen molar-refractivity contribution in [3.8, 4) is 0 Å². The smallest absolute Gasteiger partial charge is 0.306 e. The van der Waals surface area contributed by atoms with E-state index in [4.69, 9.17) is 14.2 Å². The van der Waals surface area contributed by atoms with Gasteiger partial charge in [-0.15, -0.1) is 0 Å². The Hall–Kier alpha value is -2.89. The molecule has 0 N–H and O–H groups in total. The molecule has 0 aliphatic rings. The molecule has 6 heteroatoms.